The minimum Gasteiger partial charge on any atom is -0.493 e. The molecule has 1 fully saturated rings. The number of benzene rings is 2. The maximum Gasteiger partial charge on any atom is 0.258 e. The van der Waals surface area contributed by atoms with E-state index in [4.69, 9.17) is 18.6 Å². The number of fused-ring (bicyclic) bond motifs is 1. The standard InChI is InChI=1S/C23H23NO8S/c1-14-23(32-19-6-4-3-5-18(19)29-2)22(26)17-8-7-16(11-20(17)31-14)30-12-21(25)24-15-9-10-33(27,28)13-15/h3-8,11,15H,9-10,12-13H2,1-2H3,(H,24,25)/t15-/m1/s1. The highest BCUT2D eigenvalue weighted by molar-refractivity contribution is 7.91. The number of hydrogen-bond acceptors (Lipinski definition) is 8. The molecule has 3 aromatic rings. The summed E-state index contributed by atoms with van der Waals surface area (Å²) in [5, 5.41) is 2.95. The molecule has 0 unspecified atom stereocenters. The minimum atomic E-state index is -3.08. The second-order valence-electron chi connectivity index (χ2n) is 7.68. The first kappa shape index (κ1) is 22.7. The van der Waals surface area contributed by atoms with Crippen LogP contribution in [0.15, 0.2) is 51.7 Å². The Morgan fingerprint density at radius 2 is 1.94 bits per heavy atom. The molecule has 1 saturated heterocycles. The average Bonchev–Trinajstić information content (AvgIpc) is 3.13. The van der Waals surface area contributed by atoms with Gasteiger partial charge in [-0.3, -0.25) is 9.59 Å². The Labute approximate surface area is 190 Å². The highest BCUT2D eigenvalue weighted by atomic mass is 32.2. The maximum atomic E-state index is 13.0. The summed E-state index contributed by atoms with van der Waals surface area (Å²) >= 11 is 0. The Morgan fingerprint density at radius 3 is 2.64 bits per heavy atom. The van der Waals surface area contributed by atoms with Crippen LogP contribution in [-0.4, -0.2) is 45.6 Å². The molecule has 0 spiro atoms. The van der Waals surface area contributed by atoms with Crippen molar-refractivity contribution in [2.75, 3.05) is 25.2 Å². The fraction of sp³-hybridized carbons (Fsp3) is 0.304. The van der Waals surface area contributed by atoms with Crippen LogP contribution in [0.3, 0.4) is 0 Å². The van der Waals surface area contributed by atoms with Gasteiger partial charge in [-0.2, -0.15) is 0 Å². The van der Waals surface area contributed by atoms with E-state index in [1.807, 2.05) is 0 Å². The van der Waals surface area contributed by atoms with Crippen LogP contribution in [-0.2, 0) is 14.6 Å². The molecule has 1 atom stereocenters. The fourth-order valence-electron chi connectivity index (χ4n) is 3.62. The van der Waals surface area contributed by atoms with Crippen molar-refractivity contribution in [2.45, 2.75) is 19.4 Å². The van der Waals surface area contributed by atoms with Gasteiger partial charge in [0.15, 0.2) is 27.9 Å². The SMILES string of the molecule is COc1ccccc1Oc1c(C)oc2cc(OCC(=O)N[C@@H]3CCS(=O)(=O)C3)ccc2c1=O. The van der Waals surface area contributed by atoms with Crippen LogP contribution in [0.4, 0.5) is 0 Å². The third kappa shape index (κ3) is 5.11. The van der Waals surface area contributed by atoms with Gasteiger partial charge in [-0.15, -0.1) is 0 Å². The molecule has 2 aromatic carbocycles. The number of ether oxygens (including phenoxy) is 3. The lowest BCUT2D eigenvalue weighted by molar-refractivity contribution is -0.123. The maximum absolute atomic E-state index is 13.0. The third-order valence-corrected chi connectivity index (χ3v) is 7.00. The van der Waals surface area contributed by atoms with E-state index in [1.54, 1.807) is 37.3 Å². The number of nitrogens with one attached hydrogen (secondary N) is 1. The van der Waals surface area contributed by atoms with Crippen molar-refractivity contribution in [3.63, 3.8) is 0 Å². The zero-order valence-electron chi connectivity index (χ0n) is 18.1. The van der Waals surface area contributed by atoms with Gasteiger partial charge in [0.1, 0.15) is 17.1 Å². The third-order valence-electron chi connectivity index (χ3n) is 5.24. The number of sulfone groups is 1. The van der Waals surface area contributed by atoms with E-state index in [1.165, 1.54) is 19.2 Å². The first-order valence-corrected chi connectivity index (χ1v) is 12.1. The molecule has 2 heterocycles. The lowest BCUT2D eigenvalue weighted by Crippen LogP contribution is -2.38. The highest BCUT2D eigenvalue weighted by Crippen LogP contribution is 2.32. The zero-order valence-corrected chi connectivity index (χ0v) is 18.9. The van der Waals surface area contributed by atoms with Crippen LogP contribution < -0.4 is 25.0 Å². The van der Waals surface area contributed by atoms with E-state index in [-0.39, 0.29) is 40.6 Å². The predicted molar refractivity (Wildman–Crippen MR) is 121 cm³/mol. The number of para-hydroxylation sites is 2. The zero-order chi connectivity index (χ0) is 23.6. The van der Waals surface area contributed by atoms with Crippen molar-refractivity contribution >= 4 is 26.7 Å². The summed E-state index contributed by atoms with van der Waals surface area (Å²) in [7, 11) is -1.57. The first-order valence-electron chi connectivity index (χ1n) is 10.3. The molecular weight excluding hydrogens is 450 g/mol. The van der Waals surface area contributed by atoms with Gasteiger partial charge in [0.25, 0.3) is 5.91 Å². The molecule has 10 heteroatoms. The van der Waals surface area contributed by atoms with Gasteiger partial charge in [-0.25, -0.2) is 8.42 Å². The van der Waals surface area contributed by atoms with Crippen LogP contribution in [0.25, 0.3) is 11.0 Å². The van der Waals surface area contributed by atoms with Crippen molar-refractivity contribution in [1.29, 1.82) is 0 Å². The smallest absolute Gasteiger partial charge is 0.258 e. The Kier molecular flexibility index (Phi) is 6.28. The molecule has 0 radical (unpaired) electrons. The molecule has 33 heavy (non-hydrogen) atoms. The van der Waals surface area contributed by atoms with E-state index in [0.29, 0.717) is 29.1 Å². The van der Waals surface area contributed by atoms with Crippen molar-refractivity contribution in [1.82, 2.24) is 5.32 Å². The van der Waals surface area contributed by atoms with Gasteiger partial charge in [-0.05, 0) is 37.6 Å². The van der Waals surface area contributed by atoms with Gasteiger partial charge in [0.05, 0.1) is 24.0 Å². The Balaban J connectivity index is 1.48. The second kappa shape index (κ2) is 9.14. The first-order chi connectivity index (χ1) is 15.8. The second-order valence-corrected chi connectivity index (χ2v) is 9.91. The quantitative estimate of drug-likeness (QED) is 0.556. The number of rotatable bonds is 7. The fourth-order valence-corrected chi connectivity index (χ4v) is 5.29. The molecular formula is C23H23NO8S. The summed E-state index contributed by atoms with van der Waals surface area (Å²) in [6.07, 6.45) is 0.397. The van der Waals surface area contributed by atoms with Gasteiger partial charge >= 0.3 is 0 Å². The number of carbonyl (C=O) groups is 1. The molecule has 1 amide bonds. The summed E-state index contributed by atoms with van der Waals surface area (Å²) in [5.74, 6) is 1.11. The molecule has 0 saturated carbocycles. The highest BCUT2D eigenvalue weighted by Gasteiger charge is 2.29. The van der Waals surface area contributed by atoms with Gasteiger partial charge in [0.2, 0.25) is 11.2 Å². The minimum absolute atomic E-state index is 0.0477. The molecule has 0 aliphatic carbocycles. The van der Waals surface area contributed by atoms with Crippen molar-refractivity contribution in [3.05, 3.63) is 58.4 Å². The summed E-state index contributed by atoms with van der Waals surface area (Å²) in [6, 6.07) is 11.2. The Bertz CT molecular complexity index is 1360. The van der Waals surface area contributed by atoms with E-state index < -0.39 is 21.8 Å². The molecule has 174 valence electrons. The summed E-state index contributed by atoms with van der Waals surface area (Å²) in [4.78, 5) is 25.1. The monoisotopic (exact) mass is 473 g/mol. The number of carbonyl (C=O) groups excluding carboxylic acids is 1. The topological polar surface area (TPSA) is 121 Å². The van der Waals surface area contributed by atoms with E-state index in [9.17, 15) is 18.0 Å². The van der Waals surface area contributed by atoms with Crippen LogP contribution >= 0.6 is 0 Å². The normalized spacial score (nSPS) is 17.0. The van der Waals surface area contributed by atoms with E-state index in [0.717, 1.165) is 0 Å². The average molecular weight is 474 g/mol. The lowest BCUT2D eigenvalue weighted by atomic mass is 10.2. The largest absolute Gasteiger partial charge is 0.493 e. The number of methoxy groups -OCH3 is 1. The molecule has 1 aliphatic heterocycles. The molecule has 1 N–H and O–H groups in total. The van der Waals surface area contributed by atoms with Crippen LogP contribution in [0.5, 0.6) is 23.0 Å². The molecule has 4 rings (SSSR count). The van der Waals surface area contributed by atoms with Crippen molar-refractivity contribution in [2.24, 2.45) is 0 Å². The summed E-state index contributed by atoms with van der Waals surface area (Å²) in [6.45, 7) is 1.32. The summed E-state index contributed by atoms with van der Waals surface area (Å²) in [5.41, 5.74) is -0.0731. The number of amides is 1. The number of hydrogen-bond donors (Lipinski definition) is 1. The molecule has 1 aromatic heterocycles. The molecule has 1 aliphatic rings. The van der Waals surface area contributed by atoms with Gasteiger partial charge < -0.3 is 23.9 Å². The van der Waals surface area contributed by atoms with E-state index >= 15 is 0 Å². The van der Waals surface area contributed by atoms with Crippen LogP contribution in [0.2, 0.25) is 0 Å². The predicted octanol–water partition coefficient (Wildman–Crippen LogP) is 2.58. The van der Waals surface area contributed by atoms with Crippen LogP contribution in [0, 0.1) is 6.92 Å². The molecule has 9 nitrogen and oxygen atoms in total. The van der Waals surface area contributed by atoms with Gasteiger partial charge in [-0.1, -0.05) is 12.1 Å². The van der Waals surface area contributed by atoms with E-state index in [2.05, 4.69) is 5.32 Å². The van der Waals surface area contributed by atoms with Crippen molar-refractivity contribution < 1.29 is 31.8 Å². The summed E-state index contributed by atoms with van der Waals surface area (Å²) < 4.78 is 45.4. The van der Waals surface area contributed by atoms with Crippen molar-refractivity contribution in [3.8, 4) is 23.0 Å². The lowest BCUT2D eigenvalue weighted by Gasteiger charge is -2.13. The molecule has 0 bridgehead atoms. The number of aryl methyl sites for hydroxylation is 1. The van der Waals surface area contributed by atoms with Crippen LogP contribution in [0.1, 0.15) is 12.2 Å². The Morgan fingerprint density at radius 1 is 1.18 bits per heavy atom. The Hall–Kier alpha value is -3.53. The van der Waals surface area contributed by atoms with Gasteiger partial charge in [0, 0.05) is 12.1 Å².